The molecule has 0 aliphatic carbocycles. The molecule has 3 rings (SSSR count). The Morgan fingerprint density at radius 3 is 2.79 bits per heavy atom. The molecule has 3 heterocycles. The van der Waals surface area contributed by atoms with Gasteiger partial charge in [0.25, 0.3) is 5.91 Å². The minimum atomic E-state index is 0.0812. The Bertz CT molecular complexity index is 600. The average Bonchev–Trinajstić information content (AvgIpc) is 2.80. The highest BCUT2D eigenvalue weighted by atomic mass is 32.2. The maximum atomic E-state index is 12.6. The van der Waals surface area contributed by atoms with E-state index in [4.69, 9.17) is 0 Å². The maximum absolute atomic E-state index is 12.6. The van der Waals surface area contributed by atoms with Gasteiger partial charge in [-0.3, -0.25) is 9.20 Å². The van der Waals surface area contributed by atoms with Gasteiger partial charge in [0.15, 0.2) is 0 Å². The van der Waals surface area contributed by atoms with E-state index in [1.165, 1.54) is 0 Å². The summed E-state index contributed by atoms with van der Waals surface area (Å²) < 4.78 is 1.86. The van der Waals surface area contributed by atoms with E-state index in [2.05, 4.69) is 18.8 Å². The molecule has 0 saturated carbocycles. The molecule has 0 N–H and O–H groups in total. The van der Waals surface area contributed by atoms with Crippen molar-refractivity contribution in [2.45, 2.75) is 24.3 Å². The third kappa shape index (κ3) is 2.34. The molecule has 0 radical (unpaired) electrons. The molecule has 1 saturated heterocycles. The van der Waals surface area contributed by atoms with E-state index in [1.54, 1.807) is 6.20 Å². The van der Waals surface area contributed by atoms with Crippen molar-refractivity contribution in [2.24, 2.45) is 0 Å². The van der Waals surface area contributed by atoms with Crippen LogP contribution >= 0.6 is 11.8 Å². The van der Waals surface area contributed by atoms with Crippen LogP contribution < -0.4 is 0 Å². The molecule has 2 aromatic rings. The van der Waals surface area contributed by atoms with Crippen LogP contribution in [0.25, 0.3) is 5.65 Å². The van der Waals surface area contributed by atoms with Crippen molar-refractivity contribution in [3.63, 3.8) is 0 Å². The second-order valence-corrected chi connectivity index (χ2v) is 6.92. The minimum Gasteiger partial charge on any atom is -0.335 e. The van der Waals surface area contributed by atoms with Gasteiger partial charge in [0.05, 0.1) is 6.20 Å². The number of hydrogen-bond acceptors (Lipinski definition) is 3. The second-order valence-electron chi connectivity index (χ2n) is 5.04. The smallest absolute Gasteiger partial charge is 0.272 e. The summed E-state index contributed by atoms with van der Waals surface area (Å²) in [6.45, 7) is 5.98. The molecule has 0 bridgehead atoms. The summed E-state index contributed by atoms with van der Waals surface area (Å²) in [4.78, 5) is 18.9. The normalized spacial score (nSPS) is 23.8. The van der Waals surface area contributed by atoms with Gasteiger partial charge in [0, 0.05) is 29.8 Å². The van der Waals surface area contributed by atoms with Crippen molar-refractivity contribution < 1.29 is 4.79 Å². The fourth-order valence-corrected chi connectivity index (χ4v) is 3.92. The predicted octanol–water partition coefficient (Wildman–Crippen LogP) is 2.30. The third-order valence-electron chi connectivity index (χ3n) is 3.34. The number of imidazole rings is 1. The first-order chi connectivity index (χ1) is 9.15. The van der Waals surface area contributed by atoms with E-state index in [9.17, 15) is 4.79 Å². The van der Waals surface area contributed by atoms with Crippen molar-refractivity contribution in [1.29, 1.82) is 0 Å². The Morgan fingerprint density at radius 2 is 2.05 bits per heavy atom. The van der Waals surface area contributed by atoms with Gasteiger partial charge >= 0.3 is 0 Å². The average molecular weight is 275 g/mol. The lowest BCUT2D eigenvalue weighted by molar-refractivity contribution is 0.0746. The van der Waals surface area contributed by atoms with Crippen molar-refractivity contribution in [3.05, 3.63) is 36.3 Å². The Morgan fingerprint density at radius 1 is 1.32 bits per heavy atom. The number of hydrogen-bond donors (Lipinski definition) is 0. The molecule has 1 amide bonds. The van der Waals surface area contributed by atoms with Crippen molar-refractivity contribution in [2.75, 3.05) is 13.1 Å². The Labute approximate surface area is 116 Å². The first-order valence-electron chi connectivity index (χ1n) is 6.52. The van der Waals surface area contributed by atoms with Gasteiger partial charge in [-0.05, 0) is 12.1 Å². The number of pyridine rings is 1. The highest BCUT2D eigenvalue weighted by Crippen LogP contribution is 2.25. The lowest BCUT2D eigenvalue weighted by atomic mass is 10.3. The Kier molecular flexibility index (Phi) is 3.22. The Hall–Kier alpha value is -1.49. The van der Waals surface area contributed by atoms with Crippen LogP contribution in [-0.4, -0.2) is 43.8 Å². The monoisotopic (exact) mass is 275 g/mol. The van der Waals surface area contributed by atoms with Gasteiger partial charge in [-0.2, -0.15) is 11.8 Å². The molecule has 100 valence electrons. The molecule has 0 spiro atoms. The fourth-order valence-electron chi connectivity index (χ4n) is 2.60. The number of amides is 1. The number of aromatic nitrogens is 2. The van der Waals surface area contributed by atoms with Gasteiger partial charge in [0.2, 0.25) is 0 Å². The molecule has 0 aromatic carbocycles. The summed E-state index contributed by atoms with van der Waals surface area (Å²) in [5, 5.41) is 0.985. The second kappa shape index (κ2) is 4.89. The summed E-state index contributed by atoms with van der Waals surface area (Å²) >= 11 is 1.95. The number of nitrogens with zero attached hydrogens (tertiary/aromatic N) is 3. The molecule has 1 fully saturated rings. The topological polar surface area (TPSA) is 37.6 Å². The zero-order valence-corrected chi connectivity index (χ0v) is 11.9. The standard InChI is InChI=1S/C14H17N3OS/c1-10-8-16(9-11(2)19-10)14(18)12-7-15-13-5-3-4-6-17(12)13/h3-7,10-11H,8-9H2,1-2H3. The first-order valence-corrected chi connectivity index (χ1v) is 7.46. The van der Waals surface area contributed by atoms with Crippen molar-refractivity contribution in [1.82, 2.24) is 14.3 Å². The van der Waals surface area contributed by atoms with Crippen LogP contribution in [0.2, 0.25) is 0 Å². The molecule has 19 heavy (non-hydrogen) atoms. The molecule has 5 heteroatoms. The lowest BCUT2D eigenvalue weighted by Crippen LogP contribution is -2.44. The number of thioether (sulfide) groups is 1. The summed E-state index contributed by atoms with van der Waals surface area (Å²) in [7, 11) is 0. The lowest BCUT2D eigenvalue weighted by Gasteiger charge is -2.34. The van der Waals surface area contributed by atoms with E-state index in [0.29, 0.717) is 16.2 Å². The van der Waals surface area contributed by atoms with Crippen LogP contribution in [0.5, 0.6) is 0 Å². The van der Waals surface area contributed by atoms with Gasteiger partial charge < -0.3 is 4.90 Å². The number of fused-ring (bicyclic) bond motifs is 1. The van der Waals surface area contributed by atoms with E-state index < -0.39 is 0 Å². The van der Waals surface area contributed by atoms with E-state index in [-0.39, 0.29) is 5.91 Å². The predicted molar refractivity (Wildman–Crippen MR) is 77.6 cm³/mol. The van der Waals surface area contributed by atoms with Crippen LogP contribution in [0.4, 0.5) is 0 Å². The van der Waals surface area contributed by atoms with Crippen LogP contribution in [0.1, 0.15) is 24.3 Å². The summed E-state index contributed by atoms with van der Waals surface area (Å²) in [6.07, 6.45) is 3.57. The summed E-state index contributed by atoms with van der Waals surface area (Å²) in [5.41, 5.74) is 1.47. The molecule has 1 aliphatic heterocycles. The van der Waals surface area contributed by atoms with Crippen LogP contribution in [0, 0.1) is 0 Å². The first kappa shape index (κ1) is 12.5. The van der Waals surface area contributed by atoms with E-state index in [0.717, 1.165) is 18.7 Å². The maximum Gasteiger partial charge on any atom is 0.272 e. The fraction of sp³-hybridized carbons (Fsp3) is 0.429. The number of carbonyl (C=O) groups is 1. The molecule has 2 unspecified atom stereocenters. The van der Waals surface area contributed by atoms with Crippen LogP contribution in [0.3, 0.4) is 0 Å². The van der Waals surface area contributed by atoms with Gasteiger partial charge in [-0.15, -0.1) is 0 Å². The van der Waals surface area contributed by atoms with Crippen molar-refractivity contribution >= 4 is 23.3 Å². The van der Waals surface area contributed by atoms with E-state index >= 15 is 0 Å². The van der Waals surface area contributed by atoms with Crippen LogP contribution in [-0.2, 0) is 0 Å². The zero-order valence-electron chi connectivity index (χ0n) is 11.1. The van der Waals surface area contributed by atoms with E-state index in [1.807, 2.05) is 45.5 Å². The summed E-state index contributed by atoms with van der Waals surface area (Å²) in [5.74, 6) is 0.0812. The molecule has 2 aromatic heterocycles. The van der Waals surface area contributed by atoms with Crippen molar-refractivity contribution in [3.8, 4) is 0 Å². The zero-order chi connectivity index (χ0) is 13.4. The molecule has 4 nitrogen and oxygen atoms in total. The number of rotatable bonds is 1. The van der Waals surface area contributed by atoms with Crippen LogP contribution in [0.15, 0.2) is 30.6 Å². The quantitative estimate of drug-likeness (QED) is 0.801. The molecule has 2 atom stereocenters. The number of carbonyl (C=O) groups excluding carboxylic acids is 1. The summed E-state index contributed by atoms with van der Waals surface area (Å²) in [6, 6.07) is 5.76. The SMILES string of the molecule is CC1CN(C(=O)c2cnc3ccccn23)CC(C)S1. The molecule has 1 aliphatic rings. The minimum absolute atomic E-state index is 0.0812. The Balaban J connectivity index is 1.91. The third-order valence-corrected chi connectivity index (χ3v) is 4.57. The van der Waals surface area contributed by atoms with Gasteiger partial charge in [-0.1, -0.05) is 19.9 Å². The van der Waals surface area contributed by atoms with Gasteiger partial charge in [-0.25, -0.2) is 4.98 Å². The highest BCUT2D eigenvalue weighted by Gasteiger charge is 2.27. The molecular formula is C14H17N3OS. The highest BCUT2D eigenvalue weighted by molar-refractivity contribution is 8.00. The van der Waals surface area contributed by atoms with Gasteiger partial charge in [0.1, 0.15) is 11.3 Å². The largest absolute Gasteiger partial charge is 0.335 e. The molecular weight excluding hydrogens is 258 g/mol.